The average Bonchev–Trinajstić information content (AvgIpc) is 2.73. The van der Waals surface area contributed by atoms with E-state index in [0.29, 0.717) is 17.8 Å². The summed E-state index contributed by atoms with van der Waals surface area (Å²) in [6.45, 7) is 2.52. The molecule has 3 nitrogen and oxygen atoms in total. The van der Waals surface area contributed by atoms with Crippen molar-refractivity contribution >= 4 is 23.0 Å². The van der Waals surface area contributed by atoms with Gasteiger partial charge in [0.05, 0.1) is 16.9 Å². The Hall–Kier alpha value is -3.28. The standard InChI is InChI=1S/C24H21F3N2O/c1-16-6-4-8-18(14-16)23(30)28-20-15-19(24(25,26)27)11-12-22(20)29-13-5-9-17-7-2-3-10-21(17)29/h2-4,6-8,10-12,14-15H,5,9,13H2,1H3,(H,28,30). The molecule has 0 fully saturated rings. The van der Waals surface area contributed by atoms with Crippen LogP contribution in [-0.2, 0) is 12.6 Å². The summed E-state index contributed by atoms with van der Waals surface area (Å²) in [6.07, 6.45) is -2.71. The second-order valence-corrected chi connectivity index (χ2v) is 7.44. The summed E-state index contributed by atoms with van der Waals surface area (Å²) in [5, 5.41) is 2.71. The number of hydrogen-bond donors (Lipinski definition) is 1. The number of aryl methyl sites for hydroxylation is 2. The molecule has 0 spiro atoms. The Labute approximate surface area is 173 Å². The van der Waals surface area contributed by atoms with Gasteiger partial charge in [-0.1, -0.05) is 35.9 Å². The molecule has 154 valence electrons. The maximum Gasteiger partial charge on any atom is 0.416 e. The molecule has 3 aromatic rings. The smallest absolute Gasteiger partial charge is 0.340 e. The van der Waals surface area contributed by atoms with Crippen molar-refractivity contribution in [2.45, 2.75) is 25.9 Å². The number of alkyl halides is 3. The number of rotatable bonds is 3. The lowest BCUT2D eigenvalue weighted by Gasteiger charge is -2.33. The fraction of sp³-hybridized carbons (Fsp3) is 0.208. The minimum atomic E-state index is -4.50. The Morgan fingerprint density at radius 3 is 2.53 bits per heavy atom. The first-order valence-electron chi connectivity index (χ1n) is 9.77. The first kappa shape index (κ1) is 20.0. The van der Waals surface area contributed by atoms with Crippen molar-refractivity contribution in [1.82, 2.24) is 0 Å². The van der Waals surface area contributed by atoms with Crippen LogP contribution < -0.4 is 10.2 Å². The molecule has 0 saturated carbocycles. The molecule has 0 aliphatic carbocycles. The minimum absolute atomic E-state index is 0.146. The van der Waals surface area contributed by atoms with Gasteiger partial charge in [-0.3, -0.25) is 4.79 Å². The molecule has 0 atom stereocenters. The zero-order valence-corrected chi connectivity index (χ0v) is 16.5. The van der Waals surface area contributed by atoms with Gasteiger partial charge in [0.2, 0.25) is 0 Å². The topological polar surface area (TPSA) is 32.3 Å². The van der Waals surface area contributed by atoms with Crippen molar-refractivity contribution in [3.63, 3.8) is 0 Å². The third kappa shape index (κ3) is 4.03. The average molecular weight is 410 g/mol. The lowest BCUT2D eigenvalue weighted by molar-refractivity contribution is -0.137. The summed E-state index contributed by atoms with van der Waals surface area (Å²) in [4.78, 5) is 14.8. The number of hydrogen-bond acceptors (Lipinski definition) is 2. The summed E-state index contributed by atoms with van der Waals surface area (Å²) in [6, 6.07) is 18.3. The molecule has 0 bridgehead atoms. The molecule has 6 heteroatoms. The maximum atomic E-state index is 13.4. The zero-order chi connectivity index (χ0) is 21.3. The van der Waals surface area contributed by atoms with Gasteiger partial charge < -0.3 is 10.2 Å². The number of fused-ring (bicyclic) bond motifs is 1. The summed E-state index contributed by atoms with van der Waals surface area (Å²) in [5.74, 6) is -0.440. The highest BCUT2D eigenvalue weighted by molar-refractivity contribution is 6.06. The van der Waals surface area contributed by atoms with Crippen LogP contribution in [0.1, 0.15) is 33.5 Å². The lowest BCUT2D eigenvalue weighted by atomic mass is 10.00. The van der Waals surface area contributed by atoms with E-state index in [0.717, 1.165) is 41.8 Å². The van der Waals surface area contributed by atoms with E-state index in [4.69, 9.17) is 0 Å². The Morgan fingerprint density at radius 2 is 1.77 bits per heavy atom. The van der Waals surface area contributed by atoms with Crippen LogP contribution >= 0.6 is 0 Å². The maximum absolute atomic E-state index is 13.4. The molecule has 4 rings (SSSR count). The van der Waals surface area contributed by atoms with Gasteiger partial charge in [-0.2, -0.15) is 13.2 Å². The number of amides is 1. The van der Waals surface area contributed by atoms with E-state index in [1.165, 1.54) is 6.07 Å². The molecule has 0 radical (unpaired) electrons. The van der Waals surface area contributed by atoms with Gasteiger partial charge in [0.15, 0.2) is 0 Å². The second kappa shape index (κ2) is 7.86. The molecule has 1 aliphatic rings. The molecule has 1 aliphatic heterocycles. The SMILES string of the molecule is Cc1cccc(C(=O)Nc2cc(C(F)(F)F)ccc2N2CCCc3ccccc32)c1. The molecule has 1 amide bonds. The minimum Gasteiger partial charge on any atom is -0.340 e. The molecule has 0 unspecified atom stereocenters. The van der Waals surface area contributed by atoms with Gasteiger partial charge in [-0.25, -0.2) is 0 Å². The van der Waals surface area contributed by atoms with Gasteiger partial charge in [0, 0.05) is 17.8 Å². The quantitative estimate of drug-likeness (QED) is 0.546. The van der Waals surface area contributed by atoms with Gasteiger partial charge in [-0.05, 0) is 61.7 Å². The number of nitrogens with zero attached hydrogens (tertiary/aromatic N) is 1. The Kier molecular flexibility index (Phi) is 5.24. The molecule has 1 heterocycles. The van der Waals surface area contributed by atoms with Crippen LogP contribution in [0, 0.1) is 6.92 Å². The van der Waals surface area contributed by atoms with Gasteiger partial charge in [0.25, 0.3) is 5.91 Å². The predicted octanol–water partition coefficient (Wildman–Crippen LogP) is 6.35. The van der Waals surface area contributed by atoms with Crippen molar-refractivity contribution in [3.8, 4) is 0 Å². The largest absolute Gasteiger partial charge is 0.416 e. The summed E-state index contributed by atoms with van der Waals surface area (Å²) < 4.78 is 40.1. The number of nitrogens with one attached hydrogen (secondary N) is 1. The first-order chi connectivity index (χ1) is 14.3. The Balaban J connectivity index is 1.77. The fourth-order valence-corrected chi connectivity index (χ4v) is 3.81. The van der Waals surface area contributed by atoms with Crippen LogP contribution in [0.3, 0.4) is 0 Å². The molecular weight excluding hydrogens is 389 g/mol. The van der Waals surface area contributed by atoms with E-state index in [1.807, 2.05) is 42.2 Å². The van der Waals surface area contributed by atoms with Crippen molar-refractivity contribution < 1.29 is 18.0 Å². The number of para-hydroxylation sites is 1. The summed E-state index contributed by atoms with van der Waals surface area (Å²) >= 11 is 0. The Bertz CT molecular complexity index is 1090. The highest BCUT2D eigenvalue weighted by atomic mass is 19.4. The van der Waals surface area contributed by atoms with Crippen LogP contribution in [-0.4, -0.2) is 12.5 Å². The van der Waals surface area contributed by atoms with Crippen LogP contribution in [0.5, 0.6) is 0 Å². The van der Waals surface area contributed by atoms with Crippen LogP contribution in [0.15, 0.2) is 66.7 Å². The third-order valence-corrected chi connectivity index (χ3v) is 5.25. The highest BCUT2D eigenvalue weighted by Crippen LogP contribution is 2.40. The van der Waals surface area contributed by atoms with Crippen LogP contribution in [0.2, 0.25) is 0 Å². The molecule has 0 aromatic heterocycles. The fourth-order valence-electron chi connectivity index (χ4n) is 3.81. The molecule has 3 aromatic carbocycles. The number of carbonyl (C=O) groups is 1. The number of benzene rings is 3. The van der Waals surface area contributed by atoms with Crippen molar-refractivity contribution in [2.24, 2.45) is 0 Å². The van der Waals surface area contributed by atoms with Crippen LogP contribution in [0.25, 0.3) is 0 Å². The van der Waals surface area contributed by atoms with Crippen molar-refractivity contribution in [2.75, 3.05) is 16.8 Å². The summed E-state index contributed by atoms with van der Waals surface area (Å²) in [5.41, 5.74) is 3.30. The monoisotopic (exact) mass is 410 g/mol. The molecule has 0 saturated heterocycles. The van der Waals surface area contributed by atoms with Crippen LogP contribution in [0.4, 0.5) is 30.2 Å². The molecule has 1 N–H and O–H groups in total. The van der Waals surface area contributed by atoms with Gasteiger partial charge in [0.1, 0.15) is 0 Å². The van der Waals surface area contributed by atoms with Gasteiger partial charge >= 0.3 is 6.18 Å². The van der Waals surface area contributed by atoms with E-state index in [9.17, 15) is 18.0 Å². The first-order valence-corrected chi connectivity index (χ1v) is 9.77. The predicted molar refractivity (Wildman–Crippen MR) is 112 cm³/mol. The zero-order valence-electron chi connectivity index (χ0n) is 16.5. The normalized spacial score (nSPS) is 13.7. The van der Waals surface area contributed by atoms with E-state index >= 15 is 0 Å². The van der Waals surface area contributed by atoms with E-state index < -0.39 is 17.6 Å². The van der Waals surface area contributed by atoms with E-state index in [-0.39, 0.29) is 5.69 Å². The summed E-state index contributed by atoms with van der Waals surface area (Å²) in [7, 11) is 0. The molecular formula is C24H21F3N2O. The van der Waals surface area contributed by atoms with E-state index in [2.05, 4.69) is 5.32 Å². The molecule has 30 heavy (non-hydrogen) atoms. The highest BCUT2D eigenvalue weighted by Gasteiger charge is 2.32. The number of anilines is 3. The Morgan fingerprint density at radius 1 is 0.967 bits per heavy atom. The van der Waals surface area contributed by atoms with Crippen molar-refractivity contribution in [1.29, 1.82) is 0 Å². The third-order valence-electron chi connectivity index (χ3n) is 5.25. The van der Waals surface area contributed by atoms with E-state index in [1.54, 1.807) is 18.2 Å². The second-order valence-electron chi connectivity index (χ2n) is 7.44. The number of carbonyl (C=O) groups excluding carboxylic acids is 1. The lowest BCUT2D eigenvalue weighted by Crippen LogP contribution is -2.26. The van der Waals surface area contributed by atoms with Crippen molar-refractivity contribution in [3.05, 3.63) is 89.0 Å². The van der Waals surface area contributed by atoms with Gasteiger partial charge in [-0.15, -0.1) is 0 Å². The number of halogens is 3.